The predicted octanol–water partition coefficient (Wildman–Crippen LogP) is 3.95. The van der Waals surface area contributed by atoms with Crippen molar-refractivity contribution < 1.29 is 14.3 Å². The zero-order valence-electron chi connectivity index (χ0n) is 13.6. The van der Waals surface area contributed by atoms with Crippen molar-refractivity contribution in [2.24, 2.45) is 23.2 Å². The largest absolute Gasteiger partial charge is 0.352 e. The molecule has 0 spiro atoms. The molecule has 0 bridgehead atoms. The summed E-state index contributed by atoms with van der Waals surface area (Å²) in [5.41, 5.74) is 0.169. The van der Waals surface area contributed by atoms with E-state index in [4.69, 9.17) is 9.47 Å². The van der Waals surface area contributed by atoms with Gasteiger partial charge < -0.3 is 9.47 Å². The summed E-state index contributed by atoms with van der Waals surface area (Å²) in [7, 11) is 0. The molecule has 120 valence electrons. The molecule has 3 rings (SSSR count). The lowest BCUT2D eigenvalue weighted by Crippen LogP contribution is -2.42. The Morgan fingerprint density at radius 3 is 1.86 bits per heavy atom. The molecule has 2 aliphatic carbocycles. The van der Waals surface area contributed by atoms with E-state index in [1.165, 1.54) is 25.7 Å². The topological polar surface area (TPSA) is 35.5 Å². The fraction of sp³-hybridized carbons (Fsp3) is 0.944. The minimum atomic E-state index is 0.0342. The van der Waals surface area contributed by atoms with Crippen molar-refractivity contribution in [3.05, 3.63) is 0 Å². The molecule has 1 heterocycles. The van der Waals surface area contributed by atoms with Gasteiger partial charge in [-0.15, -0.1) is 0 Å². The highest BCUT2D eigenvalue weighted by Crippen LogP contribution is 2.41. The molecule has 21 heavy (non-hydrogen) atoms. The fourth-order valence-corrected chi connectivity index (χ4v) is 4.30. The predicted molar refractivity (Wildman–Crippen MR) is 81.9 cm³/mol. The third-order valence-corrected chi connectivity index (χ3v) is 5.73. The summed E-state index contributed by atoms with van der Waals surface area (Å²) in [4.78, 5) is 11.4. The molecular weight excluding hydrogens is 264 g/mol. The van der Waals surface area contributed by atoms with Crippen molar-refractivity contribution in [1.29, 1.82) is 0 Å². The summed E-state index contributed by atoms with van der Waals surface area (Å²) in [5, 5.41) is 0. The van der Waals surface area contributed by atoms with E-state index in [0.29, 0.717) is 11.7 Å². The average molecular weight is 294 g/mol. The van der Waals surface area contributed by atoms with Crippen LogP contribution in [0.4, 0.5) is 0 Å². The number of hydrogen-bond donors (Lipinski definition) is 0. The summed E-state index contributed by atoms with van der Waals surface area (Å²) in [6.45, 7) is 6.04. The highest BCUT2D eigenvalue weighted by atomic mass is 16.7. The van der Waals surface area contributed by atoms with Gasteiger partial charge >= 0.3 is 0 Å². The first-order chi connectivity index (χ1) is 10.0. The van der Waals surface area contributed by atoms with Crippen molar-refractivity contribution in [2.75, 3.05) is 13.2 Å². The molecule has 3 heteroatoms. The van der Waals surface area contributed by atoms with Crippen LogP contribution in [0.1, 0.15) is 65.2 Å². The van der Waals surface area contributed by atoms with Crippen molar-refractivity contribution in [2.45, 2.75) is 71.5 Å². The van der Waals surface area contributed by atoms with Gasteiger partial charge in [0.15, 0.2) is 6.29 Å². The number of rotatable bonds is 2. The monoisotopic (exact) mass is 294 g/mol. The van der Waals surface area contributed by atoms with Crippen molar-refractivity contribution in [1.82, 2.24) is 0 Å². The Morgan fingerprint density at radius 2 is 1.29 bits per heavy atom. The van der Waals surface area contributed by atoms with Gasteiger partial charge in [-0.1, -0.05) is 13.8 Å². The number of hydrogen-bond acceptors (Lipinski definition) is 3. The second-order valence-corrected chi connectivity index (χ2v) is 8.21. The lowest BCUT2D eigenvalue weighted by atomic mass is 9.70. The highest BCUT2D eigenvalue weighted by molar-refractivity contribution is 5.79. The summed E-state index contributed by atoms with van der Waals surface area (Å²) >= 11 is 0. The molecule has 3 nitrogen and oxygen atoms in total. The molecule has 0 N–H and O–H groups in total. The lowest BCUT2D eigenvalue weighted by Gasteiger charge is -2.41. The molecule has 0 aromatic rings. The fourth-order valence-electron chi connectivity index (χ4n) is 4.30. The van der Waals surface area contributed by atoms with Crippen LogP contribution in [0.3, 0.4) is 0 Å². The van der Waals surface area contributed by atoms with E-state index in [-0.39, 0.29) is 11.7 Å². The van der Waals surface area contributed by atoms with E-state index >= 15 is 0 Å². The maximum absolute atomic E-state index is 11.4. The third kappa shape index (κ3) is 3.87. The maximum atomic E-state index is 11.4. The van der Waals surface area contributed by atoms with E-state index in [9.17, 15) is 4.79 Å². The van der Waals surface area contributed by atoms with Crippen LogP contribution >= 0.6 is 0 Å². The van der Waals surface area contributed by atoms with Crippen LogP contribution in [-0.2, 0) is 14.3 Å². The lowest BCUT2D eigenvalue weighted by molar-refractivity contribution is -0.247. The highest BCUT2D eigenvalue weighted by Gasteiger charge is 2.37. The molecule has 1 saturated heterocycles. The van der Waals surface area contributed by atoms with E-state index in [1.54, 1.807) is 0 Å². The minimum Gasteiger partial charge on any atom is -0.352 e. The molecule has 0 unspecified atom stereocenters. The second kappa shape index (κ2) is 6.37. The maximum Gasteiger partial charge on any atom is 0.160 e. The molecule has 0 aromatic carbocycles. The van der Waals surface area contributed by atoms with Gasteiger partial charge in [0.05, 0.1) is 13.2 Å². The van der Waals surface area contributed by atoms with E-state index in [2.05, 4.69) is 13.8 Å². The quantitative estimate of drug-likeness (QED) is 0.773. The molecule has 1 aliphatic heterocycles. The number of carbonyl (C=O) groups is 1. The molecule has 0 radical (unpaired) electrons. The van der Waals surface area contributed by atoms with Gasteiger partial charge in [0.25, 0.3) is 0 Å². The third-order valence-electron chi connectivity index (χ3n) is 5.73. The van der Waals surface area contributed by atoms with E-state index < -0.39 is 0 Å². The molecule has 0 aromatic heterocycles. The van der Waals surface area contributed by atoms with Gasteiger partial charge in [-0.25, -0.2) is 0 Å². The summed E-state index contributed by atoms with van der Waals surface area (Å²) in [6, 6.07) is 0. The first-order valence-corrected chi connectivity index (χ1v) is 8.78. The van der Waals surface area contributed by atoms with Crippen molar-refractivity contribution >= 4 is 5.78 Å². The van der Waals surface area contributed by atoms with Crippen LogP contribution in [0.15, 0.2) is 0 Å². The van der Waals surface area contributed by atoms with Gasteiger partial charge in [0.2, 0.25) is 0 Å². The molecule has 3 aliphatic rings. The summed E-state index contributed by atoms with van der Waals surface area (Å²) in [6.07, 6.45) is 9.04. The SMILES string of the molecule is CC1(C)COC(C2CCC(C3CCC(=O)CC3)CC2)OC1. The Bertz CT molecular complexity index is 349. The van der Waals surface area contributed by atoms with Crippen LogP contribution in [-0.4, -0.2) is 25.3 Å². The summed E-state index contributed by atoms with van der Waals surface area (Å²) in [5.74, 6) is 2.71. The van der Waals surface area contributed by atoms with Gasteiger partial charge in [-0.05, 0) is 50.4 Å². The Labute approximate surface area is 128 Å². The second-order valence-electron chi connectivity index (χ2n) is 8.21. The van der Waals surface area contributed by atoms with E-state index in [0.717, 1.165) is 50.7 Å². The van der Waals surface area contributed by atoms with Crippen molar-refractivity contribution in [3.63, 3.8) is 0 Å². The smallest absolute Gasteiger partial charge is 0.160 e. The molecule has 0 atom stereocenters. The molecule has 0 amide bonds. The van der Waals surface area contributed by atoms with Crippen LogP contribution < -0.4 is 0 Å². The van der Waals surface area contributed by atoms with Crippen LogP contribution in [0.25, 0.3) is 0 Å². The van der Waals surface area contributed by atoms with Crippen LogP contribution in [0, 0.1) is 23.2 Å². The van der Waals surface area contributed by atoms with Gasteiger partial charge in [-0.3, -0.25) is 4.79 Å². The standard InChI is InChI=1S/C18H30O3/c1-18(2)11-20-17(21-12-18)15-5-3-13(4-6-15)14-7-9-16(19)10-8-14/h13-15,17H,3-12H2,1-2H3. The average Bonchev–Trinajstić information content (AvgIpc) is 2.48. The zero-order valence-corrected chi connectivity index (χ0v) is 13.6. The minimum absolute atomic E-state index is 0.0342. The molecule has 2 saturated carbocycles. The summed E-state index contributed by atoms with van der Waals surface area (Å²) < 4.78 is 11.9. The van der Waals surface area contributed by atoms with Crippen molar-refractivity contribution in [3.8, 4) is 0 Å². The normalized spacial score (nSPS) is 35.8. The van der Waals surface area contributed by atoms with Crippen LogP contribution in [0.5, 0.6) is 0 Å². The zero-order chi connectivity index (χ0) is 14.9. The Hall–Kier alpha value is -0.410. The Morgan fingerprint density at radius 1 is 0.810 bits per heavy atom. The Kier molecular flexibility index (Phi) is 4.70. The number of ether oxygens (including phenoxy) is 2. The number of carbonyl (C=O) groups excluding carboxylic acids is 1. The Balaban J connectivity index is 1.44. The number of Topliss-reactive ketones (excluding diaryl/α,β-unsaturated/α-hetero) is 1. The first kappa shape index (κ1) is 15.5. The van der Waals surface area contributed by atoms with Crippen LogP contribution in [0.2, 0.25) is 0 Å². The van der Waals surface area contributed by atoms with Gasteiger partial charge in [0, 0.05) is 24.2 Å². The van der Waals surface area contributed by atoms with E-state index in [1.807, 2.05) is 0 Å². The van der Waals surface area contributed by atoms with Gasteiger partial charge in [-0.2, -0.15) is 0 Å². The first-order valence-electron chi connectivity index (χ1n) is 8.78. The van der Waals surface area contributed by atoms with Gasteiger partial charge in [0.1, 0.15) is 5.78 Å². The molecule has 3 fully saturated rings. The molecular formula is C18H30O3. The number of ketones is 1.